The molecule has 0 atom stereocenters. The zero-order valence-corrected chi connectivity index (χ0v) is 20.2. The second kappa shape index (κ2) is 10.5. The maximum Gasteiger partial charge on any atom is 0.243 e. The summed E-state index contributed by atoms with van der Waals surface area (Å²) in [6, 6.07) is 4.93. The van der Waals surface area contributed by atoms with Crippen molar-refractivity contribution in [3.05, 3.63) is 23.8 Å². The molecule has 0 saturated carbocycles. The van der Waals surface area contributed by atoms with Crippen molar-refractivity contribution in [2.24, 2.45) is 0 Å². The van der Waals surface area contributed by atoms with Crippen molar-refractivity contribution in [3.8, 4) is 0 Å². The summed E-state index contributed by atoms with van der Waals surface area (Å²) in [4.78, 5) is 31.9. The number of ether oxygens (including phenoxy) is 1. The van der Waals surface area contributed by atoms with E-state index in [-0.39, 0.29) is 23.3 Å². The van der Waals surface area contributed by atoms with Gasteiger partial charge in [0.05, 0.1) is 18.1 Å². The van der Waals surface area contributed by atoms with Gasteiger partial charge in [-0.1, -0.05) is 6.92 Å². The molecule has 33 heavy (non-hydrogen) atoms. The molecule has 0 aliphatic carbocycles. The molecule has 2 amide bonds. The van der Waals surface area contributed by atoms with Crippen LogP contribution in [0.25, 0.3) is 0 Å². The average molecular weight is 479 g/mol. The van der Waals surface area contributed by atoms with Crippen LogP contribution in [0.3, 0.4) is 0 Å². The van der Waals surface area contributed by atoms with Gasteiger partial charge in [0.2, 0.25) is 21.8 Å². The van der Waals surface area contributed by atoms with Crippen LogP contribution < -0.4 is 4.90 Å². The third-order valence-corrected chi connectivity index (χ3v) is 8.54. The second-order valence-corrected chi connectivity index (χ2v) is 10.8. The van der Waals surface area contributed by atoms with E-state index in [9.17, 15) is 18.0 Å². The molecule has 0 N–H and O–H groups in total. The van der Waals surface area contributed by atoms with Gasteiger partial charge in [0.1, 0.15) is 6.54 Å². The second-order valence-electron chi connectivity index (χ2n) is 8.86. The Balaban J connectivity index is 1.51. The van der Waals surface area contributed by atoms with Crippen LogP contribution in [0.2, 0.25) is 0 Å². The summed E-state index contributed by atoms with van der Waals surface area (Å²) >= 11 is 0. The predicted molar refractivity (Wildman–Crippen MR) is 125 cm³/mol. The summed E-state index contributed by atoms with van der Waals surface area (Å²) in [6.07, 6.45) is 2.68. The van der Waals surface area contributed by atoms with Gasteiger partial charge in [-0.15, -0.1) is 0 Å². The van der Waals surface area contributed by atoms with Crippen molar-refractivity contribution in [3.63, 3.8) is 0 Å². The van der Waals surface area contributed by atoms with E-state index in [4.69, 9.17) is 4.74 Å². The normalized spacial score (nSPS) is 21.1. The molecule has 9 nitrogen and oxygen atoms in total. The first-order valence-electron chi connectivity index (χ1n) is 11.9. The van der Waals surface area contributed by atoms with Gasteiger partial charge in [-0.05, 0) is 49.6 Å². The van der Waals surface area contributed by atoms with Gasteiger partial charge >= 0.3 is 0 Å². The van der Waals surface area contributed by atoms with Crippen LogP contribution in [0.4, 0.5) is 5.69 Å². The number of hydrogen-bond acceptors (Lipinski definition) is 6. The number of rotatable bonds is 6. The molecule has 2 saturated heterocycles. The van der Waals surface area contributed by atoms with Gasteiger partial charge in [-0.3, -0.25) is 14.5 Å². The minimum atomic E-state index is -3.62. The van der Waals surface area contributed by atoms with Crippen LogP contribution in [0.15, 0.2) is 23.1 Å². The number of carbonyl (C=O) groups is 2. The number of aryl methyl sites for hydroxylation is 1. The van der Waals surface area contributed by atoms with Crippen molar-refractivity contribution in [2.45, 2.75) is 37.5 Å². The minimum Gasteiger partial charge on any atom is -0.379 e. The maximum atomic E-state index is 13.1. The molecule has 3 aliphatic rings. The Morgan fingerprint density at radius 3 is 2.45 bits per heavy atom. The van der Waals surface area contributed by atoms with Gasteiger partial charge in [0, 0.05) is 51.4 Å². The number of piperazine rings is 1. The highest BCUT2D eigenvalue weighted by atomic mass is 32.2. The molecule has 0 bridgehead atoms. The maximum absolute atomic E-state index is 13.1. The molecule has 2 fully saturated rings. The molecule has 182 valence electrons. The predicted octanol–water partition coefficient (Wildman–Crippen LogP) is 0.931. The lowest BCUT2D eigenvalue weighted by Gasteiger charge is -2.35. The Bertz CT molecular complexity index is 969. The molecule has 3 aliphatic heterocycles. The van der Waals surface area contributed by atoms with Crippen molar-refractivity contribution < 1.29 is 22.7 Å². The van der Waals surface area contributed by atoms with Crippen LogP contribution in [0.1, 0.15) is 31.7 Å². The Hall–Kier alpha value is -2.01. The fourth-order valence-electron chi connectivity index (χ4n) is 4.77. The smallest absolute Gasteiger partial charge is 0.243 e. The van der Waals surface area contributed by atoms with Crippen LogP contribution >= 0.6 is 0 Å². The summed E-state index contributed by atoms with van der Waals surface area (Å²) in [5.74, 6) is -0.145. The number of hydrogen-bond donors (Lipinski definition) is 0. The highest BCUT2D eigenvalue weighted by Gasteiger charge is 2.31. The molecule has 1 aromatic carbocycles. The summed E-state index contributed by atoms with van der Waals surface area (Å²) in [7, 11) is -3.62. The standard InChI is InChI=1S/C23H34N4O5S/c1-2-8-24-9-11-25(12-10-24)23(29)18-27-21-7-6-20(17-19(21)4-3-5-22(27)28)33(30,31)26-13-15-32-16-14-26/h6-7,17H,2-5,8-16,18H2,1H3. The zero-order chi connectivity index (χ0) is 23.4. The Labute approximate surface area is 196 Å². The monoisotopic (exact) mass is 478 g/mol. The highest BCUT2D eigenvalue weighted by Crippen LogP contribution is 2.30. The van der Waals surface area contributed by atoms with Gasteiger partial charge < -0.3 is 14.5 Å². The Morgan fingerprint density at radius 1 is 1.03 bits per heavy atom. The van der Waals surface area contributed by atoms with E-state index in [2.05, 4.69) is 11.8 Å². The first-order chi connectivity index (χ1) is 15.9. The van der Waals surface area contributed by atoms with E-state index in [0.29, 0.717) is 64.3 Å². The van der Waals surface area contributed by atoms with Gasteiger partial charge in [0.15, 0.2) is 0 Å². The molecule has 1 aromatic rings. The first kappa shape index (κ1) is 24.1. The van der Waals surface area contributed by atoms with Crippen molar-refractivity contribution in [1.29, 1.82) is 0 Å². The molecule has 4 rings (SSSR count). The number of morpholine rings is 1. The molecule has 0 unspecified atom stereocenters. The first-order valence-corrected chi connectivity index (χ1v) is 13.4. The number of sulfonamides is 1. The summed E-state index contributed by atoms with van der Waals surface area (Å²) in [5, 5.41) is 0. The van der Waals surface area contributed by atoms with Crippen molar-refractivity contribution >= 4 is 27.5 Å². The zero-order valence-electron chi connectivity index (χ0n) is 19.4. The number of nitrogens with zero attached hydrogens (tertiary/aromatic N) is 4. The largest absolute Gasteiger partial charge is 0.379 e. The average Bonchev–Trinajstić information content (AvgIpc) is 2.98. The highest BCUT2D eigenvalue weighted by molar-refractivity contribution is 7.89. The van der Waals surface area contributed by atoms with E-state index < -0.39 is 10.0 Å². The minimum absolute atomic E-state index is 0.00479. The van der Waals surface area contributed by atoms with Crippen LogP contribution in [-0.4, -0.2) is 99.9 Å². The summed E-state index contributed by atoms with van der Waals surface area (Å²) < 4.78 is 32.9. The summed E-state index contributed by atoms with van der Waals surface area (Å²) in [5.41, 5.74) is 1.45. The van der Waals surface area contributed by atoms with Gasteiger partial charge in [-0.2, -0.15) is 4.31 Å². The van der Waals surface area contributed by atoms with E-state index in [1.807, 2.05) is 4.90 Å². The van der Waals surface area contributed by atoms with E-state index in [0.717, 1.165) is 31.6 Å². The van der Waals surface area contributed by atoms with E-state index >= 15 is 0 Å². The van der Waals surface area contributed by atoms with Crippen LogP contribution in [0, 0.1) is 0 Å². The summed E-state index contributed by atoms with van der Waals surface area (Å²) in [6.45, 7) is 7.69. The van der Waals surface area contributed by atoms with Crippen molar-refractivity contribution in [1.82, 2.24) is 14.1 Å². The third-order valence-electron chi connectivity index (χ3n) is 6.65. The molecule has 10 heteroatoms. The molecule has 0 radical (unpaired) electrons. The fraction of sp³-hybridized carbons (Fsp3) is 0.652. The Kier molecular flexibility index (Phi) is 7.68. The number of carbonyl (C=O) groups excluding carboxylic acids is 2. The number of amides is 2. The lowest BCUT2D eigenvalue weighted by Crippen LogP contribution is -2.52. The topological polar surface area (TPSA) is 90.5 Å². The fourth-order valence-corrected chi connectivity index (χ4v) is 6.23. The van der Waals surface area contributed by atoms with Gasteiger partial charge in [-0.25, -0.2) is 8.42 Å². The van der Waals surface area contributed by atoms with Crippen LogP contribution in [0.5, 0.6) is 0 Å². The molecule has 3 heterocycles. The number of benzene rings is 1. The lowest BCUT2D eigenvalue weighted by atomic mass is 10.1. The molecular formula is C23H34N4O5S. The quantitative estimate of drug-likeness (QED) is 0.604. The lowest BCUT2D eigenvalue weighted by molar-refractivity contribution is -0.133. The third kappa shape index (κ3) is 5.40. The van der Waals surface area contributed by atoms with Crippen LogP contribution in [-0.2, 0) is 30.8 Å². The van der Waals surface area contributed by atoms with E-state index in [1.165, 1.54) is 4.31 Å². The van der Waals surface area contributed by atoms with Gasteiger partial charge in [0.25, 0.3) is 0 Å². The van der Waals surface area contributed by atoms with Crippen molar-refractivity contribution in [2.75, 3.05) is 70.5 Å². The molecular weight excluding hydrogens is 444 g/mol. The van der Waals surface area contributed by atoms with E-state index in [1.54, 1.807) is 23.1 Å². The molecule has 0 aromatic heterocycles. The SMILES string of the molecule is CCCN1CCN(C(=O)CN2C(=O)CCCc3cc(S(=O)(=O)N4CCOCC4)ccc32)CC1. The number of anilines is 1. The molecule has 0 spiro atoms. The Morgan fingerprint density at radius 2 is 1.76 bits per heavy atom. The number of fused-ring (bicyclic) bond motifs is 1.